The van der Waals surface area contributed by atoms with Crippen LogP contribution in [0.5, 0.6) is 0 Å². The number of hydrogen-bond donors (Lipinski definition) is 2. The number of carbonyl (C=O) groups is 1. The van der Waals surface area contributed by atoms with Gasteiger partial charge in [-0.2, -0.15) is 0 Å². The van der Waals surface area contributed by atoms with Gasteiger partial charge in [0.25, 0.3) is 0 Å². The molecule has 4 nitrogen and oxygen atoms in total. The summed E-state index contributed by atoms with van der Waals surface area (Å²) >= 11 is 7.43. The fourth-order valence-corrected chi connectivity index (χ4v) is 2.59. The zero-order valence-corrected chi connectivity index (χ0v) is 14.9. The maximum Gasteiger partial charge on any atom is 0.250 e. The Morgan fingerprint density at radius 2 is 2.23 bits per heavy atom. The standard InChI is InChI=1S/C16H15IN2O2S/c1-2-11-10-12(17)5-7-14(11)18-16(22)19-15(20)8-6-13-4-3-9-21-13/h3-10H,2H2,1H3,(H2,18,19,20,22)/b8-6+. The first kappa shape index (κ1) is 16.7. The molecule has 0 spiro atoms. The number of nitrogens with one attached hydrogen (secondary N) is 2. The molecule has 1 amide bonds. The first-order valence-electron chi connectivity index (χ1n) is 6.70. The van der Waals surface area contributed by atoms with Gasteiger partial charge >= 0.3 is 0 Å². The molecule has 2 aromatic rings. The van der Waals surface area contributed by atoms with E-state index in [1.807, 2.05) is 12.1 Å². The molecular weight excluding hydrogens is 411 g/mol. The molecule has 114 valence electrons. The molecule has 22 heavy (non-hydrogen) atoms. The average Bonchev–Trinajstić information content (AvgIpc) is 3.00. The van der Waals surface area contributed by atoms with Gasteiger partial charge in [0.1, 0.15) is 5.76 Å². The number of amides is 1. The molecular formula is C16H15IN2O2S. The molecule has 0 aliphatic carbocycles. The van der Waals surface area contributed by atoms with Gasteiger partial charge in [-0.25, -0.2) is 0 Å². The Balaban J connectivity index is 1.94. The minimum absolute atomic E-state index is 0.269. The van der Waals surface area contributed by atoms with E-state index in [4.69, 9.17) is 16.6 Å². The lowest BCUT2D eigenvalue weighted by atomic mass is 10.1. The van der Waals surface area contributed by atoms with Crippen LogP contribution in [0.1, 0.15) is 18.2 Å². The Morgan fingerprint density at radius 3 is 2.91 bits per heavy atom. The second-order valence-electron chi connectivity index (χ2n) is 4.45. The van der Waals surface area contributed by atoms with Crippen molar-refractivity contribution in [2.45, 2.75) is 13.3 Å². The van der Waals surface area contributed by atoms with Crippen LogP contribution in [0.4, 0.5) is 5.69 Å². The summed E-state index contributed by atoms with van der Waals surface area (Å²) in [4.78, 5) is 11.8. The van der Waals surface area contributed by atoms with Crippen LogP contribution in [0.3, 0.4) is 0 Å². The molecule has 0 fully saturated rings. The molecule has 0 radical (unpaired) electrons. The van der Waals surface area contributed by atoms with Crippen LogP contribution in [0, 0.1) is 3.57 Å². The summed E-state index contributed by atoms with van der Waals surface area (Å²) in [5.41, 5.74) is 2.05. The Hall–Kier alpha value is -1.67. The average molecular weight is 426 g/mol. The summed E-state index contributed by atoms with van der Waals surface area (Å²) in [6.07, 6.45) is 5.39. The van der Waals surface area contributed by atoms with E-state index >= 15 is 0 Å². The highest BCUT2D eigenvalue weighted by molar-refractivity contribution is 14.1. The van der Waals surface area contributed by atoms with Crippen molar-refractivity contribution in [3.8, 4) is 0 Å². The molecule has 0 saturated carbocycles. The topological polar surface area (TPSA) is 54.3 Å². The number of carbonyl (C=O) groups excluding carboxylic acids is 1. The number of benzene rings is 1. The highest BCUT2D eigenvalue weighted by Gasteiger charge is 2.06. The van der Waals surface area contributed by atoms with Crippen molar-refractivity contribution in [2.24, 2.45) is 0 Å². The molecule has 0 bridgehead atoms. The van der Waals surface area contributed by atoms with Crippen LogP contribution in [-0.2, 0) is 11.2 Å². The quantitative estimate of drug-likeness (QED) is 0.442. The van der Waals surface area contributed by atoms with E-state index < -0.39 is 0 Å². The van der Waals surface area contributed by atoms with Crippen molar-refractivity contribution < 1.29 is 9.21 Å². The second kappa shape index (κ2) is 8.09. The second-order valence-corrected chi connectivity index (χ2v) is 6.10. The highest BCUT2D eigenvalue weighted by atomic mass is 127. The van der Waals surface area contributed by atoms with Crippen molar-refractivity contribution >= 4 is 57.6 Å². The largest absolute Gasteiger partial charge is 0.465 e. The van der Waals surface area contributed by atoms with Gasteiger partial charge in [-0.1, -0.05) is 6.92 Å². The molecule has 0 atom stereocenters. The molecule has 2 N–H and O–H groups in total. The first-order chi connectivity index (χ1) is 10.6. The normalized spacial score (nSPS) is 10.6. The lowest BCUT2D eigenvalue weighted by Gasteiger charge is -2.12. The molecule has 1 aromatic heterocycles. The van der Waals surface area contributed by atoms with Crippen molar-refractivity contribution in [1.82, 2.24) is 5.32 Å². The molecule has 1 heterocycles. The van der Waals surface area contributed by atoms with E-state index in [-0.39, 0.29) is 11.0 Å². The van der Waals surface area contributed by atoms with Gasteiger partial charge in [0.15, 0.2) is 5.11 Å². The molecule has 6 heteroatoms. The van der Waals surface area contributed by atoms with E-state index in [2.05, 4.69) is 46.2 Å². The fraction of sp³-hybridized carbons (Fsp3) is 0.125. The van der Waals surface area contributed by atoms with Crippen LogP contribution >= 0.6 is 34.8 Å². The van der Waals surface area contributed by atoms with Crippen LogP contribution in [-0.4, -0.2) is 11.0 Å². The van der Waals surface area contributed by atoms with E-state index in [9.17, 15) is 4.79 Å². The lowest BCUT2D eigenvalue weighted by Crippen LogP contribution is -2.33. The van der Waals surface area contributed by atoms with E-state index in [1.54, 1.807) is 24.5 Å². The number of furan rings is 1. The van der Waals surface area contributed by atoms with E-state index in [1.165, 1.54) is 6.08 Å². The number of hydrogen-bond acceptors (Lipinski definition) is 3. The van der Waals surface area contributed by atoms with Crippen molar-refractivity contribution in [3.05, 3.63) is 57.6 Å². The third kappa shape index (κ3) is 4.96. The van der Waals surface area contributed by atoms with Gasteiger partial charge in [-0.15, -0.1) is 0 Å². The zero-order valence-electron chi connectivity index (χ0n) is 11.9. The molecule has 0 aliphatic rings. The first-order valence-corrected chi connectivity index (χ1v) is 8.19. The highest BCUT2D eigenvalue weighted by Crippen LogP contribution is 2.19. The third-order valence-corrected chi connectivity index (χ3v) is 3.75. The Labute approximate surface area is 148 Å². The minimum Gasteiger partial charge on any atom is -0.465 e. The van der Waals surface area contributed by atoms with Gasteiger partial charge in [0.05, 0.1) is 6.26 Å². The lowest BCUT2D eigenvalue weighted by molar-refractivity contribution is -0.115. The van der Waals surface area contributed by atoms with Gasteiger partial charge in [0, 0.05) is 15.3 Å². The van der Waals surface area contributed by atoms with E-state index in [0.29, 0.717) is 5.76 Å². The Bertz CT molecular complexity index is 696. The maximum absolute atomic E-state index is 11.8. The Kier molecular flexibility index (Phi) is 6.14. The summed E-state index contributed by atoms with van der Waals surface area (Å²) < 4.78 is 6.27. The Morgan fingerprint density at radius 1 is 1.41 bits per heavy atom. The number of anilines is 1. The van der Waals surface area contributed by atoms with E-state index in [0.717, 1.165) is 21.2 Å². The molecule has 0 unspecified atom stereocenters. The zero-order chi connectivity index (χ0) is 15.9. The van der Waals surface area contributed by atoms with Crippen molar-refractivity contribution in [2.75, 3.05) is 5.32 Å². The third-order valence-electron chi connectivity index (χ3n) is 2.88. The van der Waals surface area contributed by atoms with Crippen LogP contribution in [0.25, 0.3) is 6.08 Å². The smallest absolute Gasteiger partial charge is 0.250 e. The van der Waals surface area contributed by atoms with Gasteiger partial charge in [0.2, 0.25) is 5.91 Å². The van der Waals surface area contributed by atoms with Gasteiger partial charge in [-0.3, -0.25) is 10.1 Å². The van der Waals surface area contributed by atoms with Crippen molar-refractivity contribution in [3.63, 3.8) is 0 Å². The predicted octanol–water partition coefficient (Wildman–Crippen LogP) is 3.97. The maximum atomic E-state index is 11.8. The monoisotopic (exact) mass is 426 g/mol. The van der Waals surface area contributed by atoms with Gasteiger partial charge < -0.3 is 9.73 Å². The number of thiocarbonyl (C=S) groups is 1. The summed E-state index contributed by atoms with van der Waals surface area (Å²) in [7, 11) is 0. The number of aryl methyl sites for hydroxylation is 1. The number of rotatable bonds is 4. The minimum atomic E-state index is -0.308. The van der Waals surface area contributed by atoms with Crippen molar-refractivity contribution in [1.29, 1.82) is 0 Å². The molecule has 0 aliphatic heterocycles. The predicted molar refractivity (Wildman–Crippen MR) is 101 cm³/mol. The summed E-state index contributed by atoms with van der Waals surface area (Å²) in [6.45, 7) is 2.07. The van der Waals surface area contributed by atoms with Crippen LogP contribution < -0.4 is 10.6 Å². The fourth-order valence-electron chi connectivity index (χ4n) is 1.83. The number of halogens is 1. The summed E-state index contributed by atoms with van der Waals surface area (Å²) in [6, 6.07) is 9.55. The summed E-state index contributed by atoms with van der Waals surface area (Å²) in [5, 5.41) is 5.93. The summed E-state index contributed by atoms with van der Waals surface area (Å²) in [5.74, 6) is 0.303. The molecule has 1 aromatic carbocycles. The molecule has 2 rings (SSSR count). The van der Waals surface area contributed by atoms with Crippen LogP contribution in [0.2, 0.25) is 0 Å². The van der Waals surface area contributed by atoms with Crippen LogP contribution in [0.15, 0.2) is 47.1 Å². The van der Waals surface area contributed by atoms with Gasteiger partial charge in [-0.05, 0) is 83.2 Å². The SMILES string of the molecule is CCc1cc(I)ccc1NC(=S)NC(=O)/C=C/c1ccco1. The molecule has 0 saturated heterocycles.